The standard InChI is InChI=1S/47Na.H2O.47H/h;;;;;;;;;;;;;;;;;;;;;;;;;;;;;;;;;;;;;;;;;;;;;;;1H2;;;;;;;;;;;;;;;;;;;;;;;;;;;;;;;;;;;;;;;;;;;;;;;/q47*+1;;47*-1. The van der Waals surface area contributed by atoms with Gasteiger partial charge in [0, 0.05) is 0 Å². The molecule has 0 atom stereocenters. The first-order valence-electron chi connectivity index (χ1n) is 0. The minimum absolute atomic E-state index is 0. The molecular formula is H49Na47O. The van der Waals surface area contributed by atoms with Gasteiger partial charge in [-0.25, -0.2) is 0 Å². The van der Waals surface area contributed by atoms with E-state index < -0.39 is 0 Å². The second kappa shape index (κ2) is 368. The fraction of sp³-hybridized carbons (Fsp3) is 0. The maximum absolute atomic E-state index is 0. The number of hydrogen-bond donors (Lipinski definition) is 0. The van der Waals surface area contributed by atoms with Gasteiger partial charge in [-0.05, 0) is 0 Å². The number of hydrogen-bond acceptors (Lipinski definition) is 0. The van der Waals surface area contributed by atoms with Crippen molar-refractivity contribution < 1.29 is 1460 Å². The maximum Gasteiger partial charge on any atom is 1.00 e. The molecular weight excluding hydrogens is 1100 g/mol. The first-order valence-corrected chi connectivity index (χ1v) is 0. The second-order valence-electron chi connectivity index (χ2n) is 0. The molecule has 0 aliphatic carbocycles. The van der Waals surface area contributed by atoms with Crippen LogP contribution < -0.4 is 1390 Å². The van der Waals surface area contributed by atoms with E-state index in [1.54, 1.807) is 0 Å². The van der Waals surface area contributed by atoms with Gasteiger partial charge in [-0.2, -0.15) is 0 Å². The van der Waals surface area contributed by atoms with Crippen molar-refractivity contribution in [3.05, 3.63) is 0 Å². The minimum atomic E-state index is 0. The summed E-state index contributed by atoms with van der Waals surface area (Å²) < 4.78 is 0. The first kappa shape index (κ1) is 380. The van der Waals surface area contributed by atoms with Crippen LogP contribution >= 0.6 is 0 Å². The third-order valence-corrected chi connectivity index (χ3v) is 0. The molecule has 0 amide bonds. The van der Waals surface area contributed by atoms with Crippen LogP contribution in [-0.2, 0) is 0 Å². The van der Waals surface area contributed by atoms with E-state index in [9.17, 15) is 0 Å². The van der Waals surface area contributed by atoms with E-state index >= 15 is 0 Å². The molecule has 0 aromatic carbocycles. The van der Waals surface area contributed by atoms with Gasteiger partial charge in [0.1, 0.15) is 0 Å². The van der Waals surface area contributed by atoms with Crippen molar-refractivity contribution in [1.29, 1.82) is 0 Å². The SMILES string of the molecule is O.[H-].[H-].[H-].[H-].[H-].[H-].[H-].[H-].[H-].[H-].[H-].[H-].[H-].[H-].[H-].[H-].[H-].[H-].[H-].[H-].[H-].[H-].[H-].[H-].[H-].[H-].[H-].[H-].[H-].[H-].[H-].[H-].[H-].[H-].[H-].[H-].[H-].[H-].[H-].[H-].[H-].[H-].[H-].[H-].[H-].[H-].[H-].[Na+].[Na+].[Na+].[Na+].[Na+].[Na+].[Na+].[Na+].[Na+].[Na+].[Na+].[Na+].[Na+].[Na+].[Na+].[Na+].[Na+].[Na+].[Na+].[Na+].[Na+].[Na+].[Na+].[Na+].[Na+].[Na+].[Na+].[Na+].[Na+].[Na+].[Na+].[Na+].[Na+].[Na+].[Na+].[Na+].[Na+].[Na+].[Na+].[Na+].[Na+].[Na+].[Na+].[Na+].[Na+].[Na+].[Na+]. The van der Waals surface area contributed by atoms with Crippen molar-refractivity contribution in [2.24, 2.45) is 0 Å². The van der Waals surface area contributed by atoms with Crippen molar-refractivity contribution in [2.75, 3.05) is 0 Å². The van der Waals surface area contributed by atoms with E-state index in [1.807, 2.05) is 0 Å². The zero-order valence-corrected chi connectivity index (χ0v) is 142. The Morgan fingerprint density at radius 2 is 0.0625 bits per heavy atom. The van der Waals surface area contributed by atoms with Gasteiger partial charge in [0.2, 0.25) is 0 Å². The Morgan fingerprint density at radius 3 is 0.0625 bits per heavy atom. The second-order valence-corrected chi connectivity index (χ2v) is 0. The van der Waals surface area contributed by atoms with E-state index in [4.69, 9.17) is 0 Å². The predicted molar refractivity (Wildman–Crippen MR) is 55.9 cm³/mol. The summed E-state index contributed by atoms with van der Waals surface area (Å²) >= 11 is 0. The maximum atomic E-state index is 0. The van der Waals surface area contributed by atoms with E-state index in [2.05, 4.69) is 0 Å². The van der Waals surface area contributed by atoms with E-state index in [1.165, 1.54) is 0 Å². The largest absolute Gasteiger partial charge is 1.00 e. The van der Waals surface area contributed by atoms with Gasteiger partial charge in [0.05, 0.1) is 0 Å². The molecule has 0 aromatic rings. The van der Waals surface area contributed by atoms with Gasteiger partial charge in [0.15, 0.2) is 0 Å². The average molecular weight is 1150 g/mol. The minimum Gasteiger partial charge on any atom is -1.00 e. The van der Waals surface area contributed by atoms with Gasteiger partial charge >= 0.3 is 1390 Å². The molecule has 2 N–H and O–H groups in total. The summed E-state index contributed by atoms with van der Waals surface area (Å²) in [5.41, 5.74) is 0. The summed E-state index contributed by atoms with van der Waals surface area (Å²) in [6.45, 7) is 0. The Bertz CT molecular complexity index is 102. The molecule has 48 heteroatoms. The van der Waals surface area contributed by atoms with Crippen LogP contribution in [-0.4, -0.2) is 5.48 Å². The Hall–Kier alpha value is 47.0. The molecule has 0 aliphatic heterocycles. The Kier molecular flexibility index (Phi) is 2920. The van der Waals surface area contributed by atoms with Crippen molar-refractivity contribution in [1.82, 2.24) is 0 Å². The van der Waals surface area contributed by atoms with Crippen LogP contribution in [0, 0.1) is 0 Å². The van der Waals surface area contributed by atoms with Crippen LogP contribution in [0.1, 0.15) is 67.1 Å². The Labute approximate surface area is 1410 Å². The van der Waals surface area contributed by atoms with Crippen LogP contribution in [0.2, 0.25) is 0 Å². The Balaban J connectivity index is 0. The van der Waals surface area contributed by atoms with E-state index in [-0.39, 0.29) is 1460 Å². The molecule has 0 rings (SSSR count). The zero-order chi connectivity index (χ0) is 0. The summed E-state index contributed by atoms with van der Waals surface area (Å²) in [5, 5.41) is 0. The molecule has 102 valence electrons. The smallest absolute Gasteiger partial charge is 1.00 e. The molecule has 0 saturated heterocycles. The molecule has 0 aromatic heterocycles. The predicted octanol–water partition coefficient (Wildman–Crippen LogP) is -136. The van der Waals surface area contributed by atoms with Gasteiger partial charge in [0.25, 0.3) is 0 Å². The molecule has 0 radical (unpaired) electrons. The molecule has 0 saturated carbocycles. The van der Waals surface area contributed by atoms with Crippen molar-refractivity contribution in [2.45, 2.75) is 0 Å². The monoisotopic (exact) mass is 1150 g/mol. The normalized spacial score (nSPS) is 0. The molecule has 1 nitrogen and oxygen atoms in total. The molecule has 48 heavy (non-hydrogen) atoms. The van der Waals surface area contributed by atoms with Crippen molar-refractivity contribution in [3.8, 4) is 0 Å². The Morgan fingerprint density at radius 1 is 0.0625 bits per heavy atom. The summed E-state index contributed by atoms with van der Waals surface area (Å²) in [5.74, 6) is 0. The molecule has 0 bridgehead atoms. The van der Waals surface area contributed by atoms with E-state index in [0.717, 1.165) is 0 Å². The molecule has 0 unspecified atom stereocenters. The molecule has 0 aliphatic rings. The van der Waals surface area contributed by atoms with Crippen molar-refractivity contribution in [3.63, 3.8) is 0 Å². The molecule has 0 fully saturated rings. The number of rotatable bonds is 0. The van der Waals surface area contributed by atoms with Crippen LogP contribution in [0.25, 0.3) is 0 Å². The molecule has 0 spiro atoms. The third kappa shape index (κ3) is 356. The first-order chi connectivity index (χ1) is 0. The summed E-state index contributed by atoms with van der Waals surface area (Å²) in [4.78, 5) is 0. The fourth-order valence-corrected chi connectivity index (χ4v) is 0. The van der Waals surface area contributed by atoms with Gasteiger partial charge in [-0.1, -0.05) is 0 Å². The zero-order valence-electron chi connectivity index (χ0n) is 94.5. The van der Waals surface area contributed by atoms with E-state index in [0.29, 0.717) is 0 Å². The van der Waals surface area contributed by atoms with Crippen LogP contribution in [0.4, 0.5) is 0 Å². The topological polar surface area (TPSA) is 31.5 Å². The van der Waals surface area contributed by atoms with Gasteiger partial charge < -0.3 is 72.5 Å². The van der Waals surface area contributed by atoms with Crippen LogP contribution in [0.15, 0.2) is 0 Å². The van der Waals surface area contributed by atoms with Gasteiger partial charge in [-0.3, -0.25) is 0 Å². The van der Waals surface area contributed by atoms with Gasteiger partial charge in [-0.15, -0.1) is 0 Å². The summed E-state index contributed by atoms with van der Waals surface area (Å²) in [6, 6.07) is 0. The third-order valence-electron chi connectivity index (χ3n) is 0. The van der Waals surface area contributed by atoms with Crippen LogP contribution in [0.3, 0.4) is 0 Å². The summed E-state index contributed by atoms with van der Waals surface area (Å²) in [6.07, 6.45) is 0. The quantitative estimate of drug-likeness (QED) is 0.217. The fourth-order valence-electron chi connectivity index (χ4n) is 0. The summed E-state index contributed by atoms with van der Waals surface area (Å²) in [7, 11) is 0. The van der Waals surface area contributed by atoms with Crippen LogP contribution in [0.5, 0.6) is 0 Å². The average Bonchev–Trinajstić information content (AvgIpc) is 0. The molecule has 0 heterocycles. The van der Waals surface area contributed by atoms with Crippen molar-refractivity contribution >= 4 is 0 Å².